The first-order valence-electron chi connectivity index (χ1n) is 7.08. The van der Waals surface area contributed by atoms with Crippen molar-refractivity contribution in [2.45, 2.75) is 39.5 Å². The van der Waals surface area contributed by atoms with Crippen LogP contribution in [0.3, 0.4) is 0 Å². The van der Waals surface area contributed by atoms with Crippen LogP contribution >= 0.6 is 0 Å². The van der Waals surface area contributed by atoms with E-state index in [0.717, 1.165) is 0 Å². The number of alkyl halides is 3. The molecule has 0 atom stereocenters. The molecule has 0 bridgehead atoms. The maximum absolute atomic E-state index is 13.3. The second-order valence-corrected chi connectivity index (χ2v) is 5.95. The van der Waals surface area contributed by atoms with Gasteiger partial charge in [0.15, 0.2) is 5.71 Å². The van der Waals surface area contributed by atoms with Crippen LogP contribution in [0.25, 0.3) is 0 Å². The number of hydrogen-bond donors (Lipinski definition) is 2. The van der Waals surface area contributed by atoms with E-state index in [0.29, 0.717) is 11.8 Å². The fraction of sp³-hybridized carbons (Fsp3) is 0.375. The minimum Gasteiger partial charge on any atom is -0.444 e. The molecule has 0 saturated carbocycles. The van der Waals surface area contributed by atoms with Gasteiger partial charge in [-0.2, -0.15) is 13.2 Å². The summed E-state index contributed by atoms with van der Waals surface area (Å²) in [5, 5.41) is 1.99. The van der Waals surface area contributed by atoms with Crippen molar-refractivity contribution in [2.75, 3.05) is 0 Å². The molecule has 0 radical (unpaired) electrons. The molecule has 8 heteroatoms. The van der Waals surface area contributed by atoms with Crippen molar-refractivity contribution < 1.29 is 22.7 Å². The molecule has 1 amide bonds. The van der Waals surface area contributed by atoms with E-state index >= 15 is 0 Å². The lowest BCUT2D eigenvalue weighted by molar-refractivity contribution is -0.0584. The summed E-state index contributed by atoms with van der Waals surface area (Å²) in [7, 11) is 0. The number of benzene rings is 1. The van der Waals surface area contributed by atoms with Crippen LogP contribution in [0.2, 0.25) is 0 Å². The summed E-state index contributed by atoms with van der Waals surface area (Å²) in [5.41, 5.74) is 3.07. The standard InChI is InChI=1S/C16H20F3N3O2/c1-10-7-5-6-8-11(10)21-13(16(17,18)19)12(9-20)22-14(23)24-15(2,3)4/h5-9H,20H2,1-4H3,(H,22,23). The minimum atomic E-state index is -4.82. The molecule has 1 rings (SSSR count). The highest BCUT2D eigenvalue weighted by Gasteiger charge is 2.39. The first-order valence-corrected chi connectivity index (χ1v) is 7.08. The van der Waals surface area contributed by atoms with E-state index in [2.05, 4.69) is 4.99 Å². The first-order chi connectivity index (χ1) is 10.9. The summed E-state index contributed by atoms with van der Waals surface area (Å²) >= 11 is 0. The van der Waals surface area contributed by atoms with Gasteiger partial charge < -0.3 is 10.5 Å². The highest BCUT2D eigenvalue weighted by atomic mass is 19.4. The average Bonchev–Trinajstić information content (AvgIpc) is 2.41. The molecule has 0 saturated heterocycles. The zero-order valence-corrected chi connectivity index (χ0v) is 13.9. The number of hydrogen-bond acceptors (Lipinski definition) is 4. The van der Waals surface area contributed by atoms with Gasteiger partial charge in [0.1, 0.15) is 5.60 Å². The lowest BCUT2D eigenvalue weighted by Crippen LogP contribution is -2.38. The van der Waals surface area contributed by atoms with Gasteiger partial charge in [-0.05, 0) is 39.3 Å². The number of aryl methyl sites for hydroxylation is 1. The van der Waals surface area contributed by atoms with E-state index in [1.165, 1.54) is 6.07 Å². The Hall–Kier alpha value is -2.51. The van der Waals surface area contributed by atoms with Gasteiger partial charge in [0.2, 0.25) is 0 Å². The van der Waals surface area contributed by atoms with E-state index in [9.17, 15) is 18.0 Å². The van der Waals surface area contributed by atoms with Gasteiger partial charge in [-0.15, -0.1) is 0 Å². The Morgan fingerprint density at radius 2 is 1.83 bits per heavy atom. The molecule has 0 aromatic heterocycles. The number of nitrogens with zero attached hydrogens (tertiary/aromatic N) is 1. The molecule has 0 unspecified atom stereocenters. The minimum absolute atomic E-state index is 0.121. The normalized spacial score (nSPS) is 13.6. The number of para-hydroxylation sites is 1. The number of aliphatic imine (C=N–C) groups is 1. The largest absolute Gasteiger partial charge is 0.444 e. The third-order valence-electron chi connectivity index (χ3n) is 2.67. The van der Waals surface area contributed by atoms with E-state index in [1.54, 1.807) is 45.9 Å². The Labute approximate surface area is 138 Å². The lowest BCUT2D eigenvalue weighted by Gasteiger charge is -2.21. The van der Waals surface area contributed by atoms with Crippen LogP contribution in [0.1, 0.15) is 26.3 Å². The molecule has 0 aliphatic heterocycles. The zero-order chi connectivity index (χ0) is 18.5. The number of rotatable bonds is 3. The van der Waals surface area contributed by atoms with Gasteiger partial charge in [-0.1, -0.05) is 18.2 Å². The molecule has 132 valence electrons. The fourth-order valence-corrected chi connectivity index (χ4v) is 1.68. The van der Waals surface area contributed by atoms with Crippen molar-refractivity contribution in [3.63, 3.8) is 0 Å². The summed E-state index contributed by atoms with van der Waals surface area (Å²) in [6.45, 7) is 6.39. The SMILES string of the molecule is Cc1ccccc1N=C(C(=CN)NC(=O)OC(C)(C)C)C(F)(F)F. The number of nitrogens with one attached hydrogen (secondary N) is 1. The monoisotopic (exact) mass is 343 g/mol. The number of allylic oxidation sites excluding steroid dienone is 1. The molecule has 5 nitrogen and oxygen atoms in total. The molecule has 24 heavy (non-hydrogen) atoms. The van der Waals surface area contributed by atoms with Crippen LogP contribution in [0.15, 0.2) is 41.2 Å². The molecule has 1 aromatic carbocycles. The zero-order valence-electron chi connectivity index (χ0n) is 13.9. The number of ether oxygens (including phenoxy) is 1. The van der Waals surface area contributed by atoms with Gasteiger partial charge in [-0.25, -0.2) is 9.79 Å². The number of amides is 1. The molecule has 0 aliphatic rings. The van der Waals surface area contributed by atoms with E-state index in [1.807, 2.05) is 5.32 Å². The van der Waals surface area contributed by atoms with Gasteiger partial charge in [0.25, 0.3) is 0 Å². The van der Waals surface area contributed by atoms with E-state index < -0.39 is 29.3 Å². The Bertz CT molecular complexity index is 659. The van der Waals surface area contributed by atoms with Crippen LogP contribution in [0.5, 0.6) is 0 Å². The topological polar surface area (TPSA) is 76.7 Å². The molecule has 1 aromatic rings. The van der Waals surface area contributed by atoms with Gasteiger partial charge >= 0.3 is 12.3 Å². The van der Waals surface area contributed by atoms with Gasteiger partial charge in [-0.3, -0.25) is 5.32 Å². The van der Waals surface area contributed by atoms with Crippen LogP contribution < -0.4 is 11.1 Å². The van der Waals surface area contributed by atoms with Crippen molar-refractivity contribution in [1.29, 1.82) is 0 Å². The number of alkyl carbamates (subject to hydrolysis) is 1. The lowest BCUT2D eigenvalue weighted by atomic mass is 10.2. The van der Waals surface area contributed by atoms with E-state index in [4.69, 9.17) is 10.5 Å². The average molecular weight is 343 g/mol. The van der Waals surface area contributed by atoms with Crippen molar-refractivity contribution in [2.24, 2.45) is 10.7 Å². The summed E-state index contributed by atoms with van der Waals surface area (Å²) in [6.07, 6.45) is -5.24. The number of carbonyl (C=O) groups excluding carboxylic acids is 1. The maximum Gasteiger partial charge on any atom is 0.435 e. The van der Waals surface area contributed by atoms with Crippen LogP contribution in [0.4, 0.5) is 23.7 Å². The van der Waals surface area contributed by atoms with Crippen molar-refractivity contribution in [1.82, 2.24) is 5.32 Å². The quantitative estimate of drug-likeness (QED) is 0.816. The molecular formula is C16H20F3N3O2. The van der Waals surface area contributed by atoms with Crippen molar-refractivity contribution in [3.8, 4) is 0 Å². The van der Waals surface area contributed by atoms with Crippen molar-refractivity contribution in [3.05, 3.63) is 41.7 Å². The number of nitrogens with two attached hydrogens (primary N) is 1. The van der Waals surface area contributed by atoms with Gasteiger partial charge in [0.05, 0.1) is 11.4 Å². The van der Waals surface area contributed by atoms with Crippen LogP contribution in [-0.2, 0) is 4.74 Å². The number of carbonyl (C=O) groups is 1. The predicted molar refractivity (Wildman–Crippen MR) is 86.0 cm³/mol. The second-order valence-electron chi connectivity index (χ2n) is 5.95. The highest BCUT2D eigenvalue weighted by Crippen LogP contribution is 2.26. The highest BCUT2D eigenvalue weighted by molar-refractivity contribution is 6.07. The molecule has 0 fully saturated rings. The Kier molecular flexibility index (Phi) is 6.00. The molecule has 0 heterocycles. The third kappa shape index (κ3) is 5.94. The number of halogens is 3. The molecule has 0 spiro atoms. The van der Waals surface area contributed by atoms with Crippen LogP contribution in [0, 0.1) is 6.92 Å². The Balaban J connectivity index is 3.20. The molecule has 3 N–H and O–H groups in total. The fourth-order valence-electron chi connectivity index (χ4n) is 1.68. The Morgan fingerprint density at radius 1 is 1.25 bits per heavy atom. The second kappa shape index (κ2) is 7.37. The van der Waals surface area contributed by atoms with Gasteiger partial charge in [0, 0.05) is 6.20 Å². The molecular weight excluding hydrogens is 323 g/mol. The molecule has 0 aliphatic carbocycles. The Morgan fingerprint density at radius 3 is 2.29 bits per heavy atom. The summed E-state index contributed by atoms with van der Waals surface area (Å²) in [4.78, 5) is 15.3. The summed E-state index contributed by atoms with van der Waals surface area (Å²) in [5.74, 6) is 0. The summed E-state index contributed by atoms with van der Waals surface area (Å²) < 4.78 is 45.0. The third-order valence-corrected chi connectivity index (χ3v) is 2.67. The van der Waals surface area contributed by atoms with Crippen molar-refractivity contribution >= 4 is 17.5 Å². The van der Waals surface area contributed by atoms with E-state index in [-0.39, 0.29) is 5.69 Å². The smallest absolute Gasteiger partial charge is 0.435 e. The summed E-state index contributed by atoms with van der Waals surface area (Å²) in [6, 6.07) is 6.30. The maximum atomic E-state index is 13.3. The first kappa shape index (κ1) is 19.5. The predicted octanol–water partition coefficient (Wildman–Crippen LogP) is 3.95. The van der Waals surface area contributed by atoms with Crippen LogP contribution in [-0.4, -0.2) is 23.6 Å².